The molecule has 0 saturated heterocycles. The van der Waals surface area contributed by atoms with Gasteiger partial charge in [0.15, 0.2) is 0 Å². The van der Waals surface area contributed by atoms with Crippen LogP contribution in [0.3, 0.4) is 0 Å². The number of rotatable bonds is 16. The summed E-state index contributed by atoms with van der Waals surface area (Å²) in [6.07, 6.45) is 5.23. The third-order valence-corrected chi connectivity index (χ3v) is 10.0. The fourth-order valence-corrected chi connectivity index (χ4v) is 7.57. The Kier molecular flexibility index (Phi) is 14.8. The maximum atomic E-state index is 13.5. The summed E-state index contributed by atoms with van der Waals surface area (Å²) in [5, 5.41) is 13.1. The van der Waals surface area contributed by atoms with E-state index in [-0.39, 0.29) is 34.6 Å². The first kappa shape index (κ1) is 34.4. The zero-order valence-corrected chi connectivity index (χ0v) is 27.4. The van der Waals surface area contributed by atoms with Crippen LogP contribution in [0, 0.1) is 18.3 Å². The number of hydrogen-bond donors (Lipinski definition) is 2. The number of Topliss-reactive ketones (excluding diaryl/α,β-unsaturated/α-hetero) is 1. The van der Waals surface area contributed by atoms with Crippen LogP contribution in [0.1, 0.15) is 95.1 Å². The van der Waals surface area contributed by atoms with E-state index < -0.39 is 5.41 Å². The minimum Gasteiger partial charge on any atom is -0.508 e. The van der Waals surface area contributed by atoms with Crippen molar-refractivity contribution in [1.82, 2.24) is 5.32 Å². The maximum Gasteiger partial charge on any atom is 0.223 e. The third kappa shape index (κ3) is 12.0. The lowest BCUT2D eigenvalue weighted by Crippen LogP contribution is -2.39. The lowest BCUT2D eigenvalue weighted by molar-refractivity contribution is -0.131. The van der Waals surface area contributed by atoms with Gasteiger partial charge in [-0.1, -0.05) is 93.6 Å². The molecule has 4 nitrogen and oxygen atoms in total. The first-order valence-corrected chi connectivity index (χ1v) is 16.7. The molecule has 1 amide bonds. The first-order chi connectivity index (χ1) is 18.9. The molecule has 0 saturated carbocycles. The number of aryl methyl sites for hydroxylation is 2. The van der Waals surface area contributed by atoms with Crippen LogP contribution in [0.2, 0.25) is 0 Å². The van der Waals surface area contributed by atoms with Crippen molar-refractivity contribution in [1.29, 1.82) is 0 Å². The average Bonchev–Trinajstić information content (AvgIpc) is 2.90. The number of phenols is 1. The number of carbonyl (C=O) groups is 2. The highest BCUT2D eigenvalue weighted by Crippen LogP contribution is 2.42. The van der Waals surface area contributed by atoms with Gasteiger partial charge in [0.1, 0.15) is 15.1 Å². The van der Waals surface area contributed by atoms with Gasteiger partial charge in [-0.2, -0.15) is 0 Å². The zero-order valence-electron chi connectivity index (χ0n) is 25.0. The number of carbonyl (C=O) groups excluding carboxylic acids is 2. The van der Waals surface area contributed by atoms with Gasteiger partial charge < -0.3 is 10.4 Å². The largest absolute Gasteiger partial charge is 0.508 e. The second-order valence-electron chi connectivity index (χ2n) is 11.6. The summed E-state index contributed by atoms with van der Waals surface area (Å²) in [6, 6.07) is 16.0. The average molecular weight is 602 g/mol. The van der Waals surface area contributed by atoms with E-state index in [1.807, 2.05) is 65.0 Å². The molecule has 2 rings (SSSR count). The number of thioether (sulfide) groups is 2. The smallest absolute Gasteiger partial charge is 0.223 e. The highest BCUT2D eigenvalue weighted by Gasteiger charge is 2.35. The molecule has 0 heterocycles. The van der Waals surface area contributed by atoms with E-state index in [1.165, 1.54) is 0 Å². The summed E-state index contributed by atoms with van der Waals surface area (Å²) >= 11 is 9.13. The van der Waals surface area contributed by atoms with E-state index in [9.17, 15) is 14.7 Å². The number of benzene rings is 2. The van der Waals surface area contributed by atoms with Crippen molar-refractivity contribution >= 4 is 51.0 Å². The number of aromatic hydroxyl groups is 1. The molecule has 220 valence electrons. The second-order valence-corrected chi connectivity index (χ2v) is 15.1. The van der Waals surface area contributed by atoms with Gasteiger partial charge in [0.2, 0.25) is 5.91 Å². The number of hydrogen-bond acceptors (Lipinski definition) is 6. The fraction of sp³-hybridized carbons (Fsp3) is 0.545. The zero-order chi connectivity index (χ0) is 29.7. The quantitative estimate of drug-likeness (QED) is 0.148. The number of nitrogens with one attached hydrogen (secondary N) is 1. The Morgan fingerprint density at radius 1 is 1.07 bits per heavy atom. The van der Waals surface area contributed by atoms with E-state index in [4.69, 9.17) is 12.2 Å². The van der Waals surface area contributed by atoms with Crippen LogP contribution >= 0.6 is 35.7 Å². The molecule has 2 aromatic rings. The van der Waals surface area contributed by atoms with Crippen molar-refractivity contribution in [2.75, 3.05) is 5.75 Å². The Morgan fingerprint density at radius 3 is 2.40 bits per heavy atom. The molecule has 0 aliphatic heterocycles. The van der Waals surface area contributed by atoms with Crippen LogP contribution in [-0.4, -0.2) is 32.1 Å². The monoisotopic (exact) mass is 601 g/mol. The summed E-state index contributed by atoms with van der Waals surface area (Å²) < 4.78 is 0.905. The minimum absolute atomic E-state index is 0.00269. The van der Waals surface area contributed by atoms with Crippen molar-refractivity contribution in [3.05, 3.63) is 65.2 Å². The van der Waals surface area contributed by atoms with Gasteiger partial charge in [0.25, 0.3) is 0 Å². The Hall–Kier alpha value is -1.83. The molecule has 0 aliphatic carbocycles. The summed E-state index contributed by atoms with van der Waals surface area (Å²) in [5.74, 6) is 1.14. The van der Waals surface area contributed by atoms with E-state index in [2.05, 4.69) is 24.4 Å². The Labute approximate surface area is 255 Å². The van der Waals surface area contributed by atoms with E-state index in [0.29, 0.717) is 25.7 Å². The van der Waals surface area contributed by atoms with E-state index >= 15 is 0 Å². The second kappa shape index (κ2) is 17.2. The van der Waals surface area contributed by atoms with Crippen LogP contribution in [0.4, 0.5) is 0 Å². The fourth-order valence-electron chi connectivity index (χ4n) is 4.65. The molecule has 0 fully saturated rings. The summed E-state index contributed by atoms with van der Waals surface area (Å²) in [4.78, 5) is 26.9. The number of amides is 1. The molecular weight excluding hydrogens is 555 g/mol. The highest BCUT2D eigenvalue weighted by molar-refractivity contribution is 8.47. The number of thiocarbonyl (C=S) groups is 1. The lowest BCUT2D eigenvalue weighted by Gasteiger charge is -2.31. The SMILES string of the molecule is CCCCSC(=S)SC(CC(CC(C)(C)C(=O)CCCc1ccc(C)c(O)c1)C(=O)NC(C)C)c1ccccc1. The van der Waals surface area contributed by atoms with E-state index in [1.54, 1.807) is 29.6 Å². The lowest BCUT2D eigenvalue weighted by atomic mass is 9.75. The van der Waals surface area contributed by atoms with Gasteiger partial charge >= 0.3 is 0 Å². The first-order valence-electron chi connectivity index (χ1n) is 14.4. The Balaban J connectivity index is 2.16. The van der Waals surface area contributed by atoms with Crippen molar-refractivity contribution in [2.45, 2.75) is 97.8 Å². The van der Waals surface area contributed by atoms with Crippen LogP contribution in [0.25, 0.3) is 0 Å². The summed E-state index contributed by atoms with van der Waals surface area (Å²) in [6.45, 7) is 11.9. The molecule has 7 heteroatoms. The molecule has 0 bridgehead atoms. The van der Waals surface area contributed by atoms with Crippen LogP contribution in [0.5, 0.6) is 5.75 Å². The molecule has 2 unspecified atom stereocenters. The molecule has 0 aromatic heterocycles. The van der Waals surface area contributed by atoms with Crippen molar-refractivity contribution in [3.8, 4) is 5.75 Å². The van der Waals surface area contributed by atoms with Gasteiger partial charge in [-0.15, -0.1) is 11.8 Å². The topological polar surface area (TPSA) is 66.4 Å². The molecule has 0 radical (unpaired) electrons. The van der Waals surface area contributed by atoms with Gasteiger partial charge in [0.05, 0.1) is 0 Å². The van der Waals surface area contributed by atoms with Crippen LogP contribution in [0.15, 0.2) is 48.5 Å². The van der Waals surface area contributed by atoms with Gasteiger partial charge in [-0.25, -0.2) is 0 Å². The normalized spacial score (nSPS) is 13.2. The van der Waals surface area contributed by atoms with Gasteiger partial charge in [0, 0.05) is 29.0 Å². The summed E-state index contributed by atoms with van der Waals surface area (Å²) in [5.41, 5.74) is 2.38. The standard InChI is InChI=1S/C33H47NO3S3/c1-7-8-19-39-32(38)40-29(26-14-10-9-11-15-26)21-27(31(37)34-23(2)3)22-33(5,6)30(36)16-12-13-25-18-17-24(4)28(35)20-25/h9-11,14-15,17-18,20,23,27,29,35H,7-8,12-13,16,19,21-22H2,1-6H3,(H,34,37). The minimum atomic E-state index is -0.642. The highest BCUT2D eigenvalue weighted by atomic mass is 32.2. The number of unbranched alkanes of at least 4 members (excludes halogenated alkanes) is 1. The van der Waals surface area contributed by atoms with Crippen molar-refractivity contribution in [3.63, 3.8) is 0 Å². The van der Waals surface area contributed by atoms with Crippen LogP contribution in [-0.2, 0) is 16.0 Å². The molecule has 2 atom stereocenters. The van der Waals surface area contributed by atoms with Crippen molar-refractivity contribution < 1.29 is 14.7 Å². The Bertz CT molecular complexity index is 1100. The van der Waals surface area contributed by atoms with Crippen LogP contribution < -0.4 is 5.32 Å². The molecule has 2 N–H and O–H groups in total. The predicted molar refractivity (Wildman–Crippen MR) is 177 cm³/mol. The Morgan fingerprint density at radius 2 is 1.77 bits per heavy atom. The maximum absolute atomic E-state index is 13.5. The van der Waals surface area contributed by atoms with E-state index in [0.717, 1.165) is 45.2 Å². The van der Waals surface area contributed by atoms with Gasteiger partial charge in [-0.05, 0) is 81.4 Å². The molecule has 0 spiro atoms. The van der Waals surface area contributed by atoms with Gasteiger partial charge in [-0.3, -0.25) is 9.59 Å². The molecule has 2 aromatic carbocycles. The third-order valence-electron chi connectivity index (χ3n) is 7.08. The molecular formula is C33H47NO3S3. The molecule has 0 aliphatic rings. The predicted octanol–water partition coefficient (Wildman–Crippen LogP) is 8.83. The number of ketones is 1. The van der Waals surface area contributed by atoms with Crippen molar-refractivity contribution in [2.24, 2.45) is 11.3 Å². The number of phenolic OH excluding ortho intramolecular Hbond substituents is 1. The molecule has 40 heavy (non-hydrogen) atoms. The summed E-state index contributed by atoms with van der Waals surface area (Å²) in [7, 11) is 0.